The van der Waals surface area contributed by atoms with Crippen LogP contribution >= 0.6 is 11.6 Å². The predicted octanol–water partition coefficient (Wildman–Crippen LogP) is 3.38. The van der Waals surface area contributed by atoms with Gasteiger partial charge < -0.3 is 9.64 Å². The predicted molar refractivity (Wildman–Crippen MR) is 75.1 cm³/mol. The molecule has 0 aromatic heterocycles. The van der Waals surface area contributed by atoms with Crippen molar-refractivity contribution in [3.63, 3.8) is 0 Å². The second kappa shape index (κ2) is 4.94. The van der Waals surface area contributed by atoms with Gasteiger partial charge in [0.05, 0.1) is 12.2 Å². The Morgan fingerprint density at radius 3 is 2.84 bits per heavy atom. The summed E-state index contributed by atoms with van der Waals surface area (Å²) in [5.41, 5.74) is 1.39. The molecule has 3 nitrogen and oxygen atoms in total. The minimum Gasteiger partial charge on any atom is -0.490 e. The van der Waals surface area contributed by atoms with E-state index >= 15 is 0 Å². The van der Waals surface area contributed by atoms with Crippen molar-refractivity contribution in [2.24, 2.45) is 0 Å². The van der Waals surface area contributed by atoms with Crippen LogP contribution in [0.2, 0.25) is 5.02 Å². The molecule has 1 amide bonds. The van der Waals surface area contributed by atoms with Crippen LogP contribution in [0.25, 0.3) is 0 Å². The molecule has 0 fully saturated rings. The first-order valence-electron chi connectivity index (χ1n) is 6.05. The molecule has 2 aromatic carbocycles. The molecule has 0 bridgehead atoms. The van der Waals surface area contributed by atoms with Gasteiger partial charge in [0, 0.05) is 10.6 Å². The Hall–Kier alpha value is -2.00. The van der Waals surface area contributed by atoms with Crippen LogP contribution in [0, 0.1) is 0 Å². The number of anilines is 1. The van der Waals surface area contributed by atoms with E-state index in [0.29, 0.717) is 23.7 Å². The molecule has 4 heteroatoms. The summed E-state index contributed by atoms with van der Waals surface area (Å²) in [6.45, 7) is 1.05. The summed E-state index contributed by atoms with van der Waals surface area (Å²) in [6.07, 6.45) is 0. The second-order valence-electron chi connectivity index (χ2n) is 4.28. The van der Waals surface area contributed by atoms with E-state index in [1.165, 1.54) is 0 Å². The van der Waals surface area contributed by atoms with Gasteiger partial charge in [-0.05, 0) is 30.3 Å². The summed E-state index contributed by atoms with van der Waals surface area (Å²) in [5, 5.41) is 0.562. The number of para-hydroxylation sites is 2. The van der Waals surface area contributed by atoms with Crippen molar-refractivity contribution in [2.75, 3.05) is 18.1 Å². The van der Waals surface area contributed by atoms with Crippen LogP contribution in [0.1, 0.15) is 10.4 Å². The van der Waals surface area contributed by atoms with E-state index < -0.39 is 0 Å². The molecule has 1 aliphatic heterocycles. The Morgan fingerprint density at radius 1 is 1.16 bits per heavy atom. The van der Waals surface area contributed by atoms with Gasteiger partial charge in [-0.15, -0.1) is 0 Å². The zero-order chi connectivity index (χ0) is 13.2. The third-order valence-electron chi connectivity index (χ3n) is 3.05. The molecular formula is C15H12ClNO2. The van der Waals surface area contributed by atoms with Crippen molar-refractivity contribution >= 4 is 23.2 Å². The van der Waals surface area contributed by atoms with Crippen molar-refractivity contribution in [1.82, 2.24) is 0 Å². The largest absolute Gasteiger partial charge is 0.490 e. The van der Waals surface area contributed by atoms with Gasteiger partial charge in [-0.3, -0.25) is 4.79 Å². The van der Waals surface area contributed by atoms with Gasteiger partial charge in [0.1, 0.15) is 12.4 Å². The molecule has 1 aliphatic rings. The average Bonchev–Trinajstić information content (AvgIpc) is 2.46. The highest BCUT2D eigenvalue weighted by atomic mass is 35.5. The lowest BCUT2D eigenvalue weighted by atomic mass is 10.1. The molecule has 0 aliphatic carbocycles. The van der Waals surface area contributed by atoms with E-state index in [9.17, 15) is 4.79 Å². The molecule has 0 N–H and O–H groups in total. The fraction of sp³-hybridized carbons (Fsp3) is 0.133. The summed E-state index contributed by atoms with van der Waals surface area (Å²) in [7, 11) is 0. The number of nitrogens with zero attached hydrogens (tertiary/aromatic N) is 1. The number of fused-ring (bicyclic) bond motifs is 1. The smallest absolute Gasteiger partial charge is 0.258 e. The number of hydrogen-bond donors (Lipinski definition) is 0. The number of carbonyl (C=O) groups excluding carboxylic acids is 1. The van der Waals surface area contributed by atoms with E-state index in [0.717, 1.165) is 11.4 Å². The van der Waals surface area contributed by atoms with Crippen LogP contribution in [0.3, 0.4) is 0 Å². The molecule has 2 aromatic rings. The Bertz CT molecular complexity index is 627. The van der Waals surface area contributed by atoms with Gasteiger partial charge >= 0.3 is 0 Å². The number of ether oxygens (including phenoxy) is 1. The molecular weight excluding hydrogens is 262 g/mol. The number of carbonyl (C=O) groups is 1. The minimum atomic E-state index is -0.0572. The third-order valence-corrected chi connectivity index (χ3v) is 3.28. The molecule has 1 heterocycles. The second-order valence-corrected chi connectivity index (χ2v) is 4.72. The average molecular weight is 274 g/mol. The highest BCUT2D eigenvalue weighted by molar-refractivity contribution is 6.31. The van der Waals surface area contributed by atoms with E-state index in [-0.39, 0.29) is 5.91 Å². The van der Waals surface area contributed by atoms with Crippen molar-refractivity contribution in [3.05, 3.63) is 59.1 Å². The maximum Gasteiger partial charge on any atom is 0.258 e. The summed E-state index contributed by atoms with van der Waals surface area (Å²) in [6, 6.07) is 14.5. The Kier molecular flexibility index (Phi) is 3.13. The van der Waals surface area contributed by atoms with Gasteiger partial charge in [0.15, 0.2) is 0 Å². The lowest BCUT2D eigenvalue weighted by molar-refractivity contribution is 0.0976. The van der Waals surface area contributed by atoms with Crippen LogP contribution in [-0.2, 0) is 0 Å². The number of halogens is 1. The minimum absolute atomic E-state index is 0.0572. The number of amides is 1. The maximum atomic E-state index is 12.5. The topological polar surface area (TPSA) is 29.5 Å². The molecule has 0 spiro atoms. The first kappa shape index (κ1) is 12.1. The maximum absolute atomic E-state index is 12.5. The molecule has 0 atom stereocenters. The number of benzene rings is 2. The molecule has 96 valence electrons. The van der Waals surface area contributed by atoms with Crippen molar-refractivity contribution in [1.29, 1.82) is 0 Å². The van der Waals surface area contributed by atoms with E-state index in [4.69, 9.17) is 16.3 Å². The first-order chi connectivity index (χ1) is 9.25. The molecule has 19 heavy (non-hydrogen) atoms. The lowest BCUT2D eigenvalue weighted by Gasteiger charge is -2.29. The standard InChI is InChI=1S/C15H12ClNO2/c16-12-5-3-4-11(10-12)15(18)17-8-9-19-14-7-2-1-6-13(14)17/h1-7,10H,8-9H2. The highest BCUT2D eigenvalue weighted by Crippen LogP contribution is 2.32. The molecule has 0 radical (unpaired) electrons. The van der Waals surface area contributed by atoms with Crippen molar-refractivity contribution in [3.8, 4) is 5.75 Å². The summed E-state index contributed by atoms with van der Waals surface area (Å²) >= 11 is 5.93. The molecule has 0 saturated carbocycles. The van der Waals surface area contributed by atoms with Crippen LogP contribution < -0.4 is 9.64 Å². The van der Waals surface area contributed by atoms with Gasteiger partial charge in [-0.25, -0.2) is 0 Å². The third kappa shape index (κ3) is 2.29. The number of rotatable bonds is 1. The van der Waals surface area contributed by atoms with Crippen molar-refractivity contribution < 1.29 is 9.53 Å². The highest BCUT2D eigenvalue weighted by Gasteiger charge is 2.24. The van der Waals surface area contributed by atoms with Gasteiger partial charge in [-0.1, -0.05) is 29.8 Å². The van der Waals surface area contributed by atoms with Crippen LogP contribution in [0.5, 0.6) is 5.75 Å². The monoisotopic (exact) mass is 273 g/mol. The van der Waals surface area contributed by atoms with E-state index in [2.05, 4.69) is 0 Å². The lowest BCUT2D eigenvalue weighted by Crippen LogP contribution is -2.37. The molecule has 0 saturated heterocycles. The Labute approximate surface area is 116 Å². The zero-order valence-electron chi connectivity index (χ0n) is 10.2. The van der Waals surface area contributed by atoms with Gasteiger partial charge in [0.25, 0.3) is 5.91 Å². The van der Waals surface area contributed by atoms with Crippen LogP contribution in [0.4, 0.5) is 5.69 Å². The fourth-order valence-electron chi connectivity index (χ4n) is 2.16. The first-order valence-corrected chi connectivity index (χ1v) is 6.43. The zero-order valence-corrected chi connectivity index (χ0v) is 10.9. The van der Waals surface area contributed by atoms with Crippen LogP contribution in [0.15, 0.2) is 48.5 Å². The van der Waals surface area contributed by atoms with E-state index in [1.54, 1.807) is 29.2 Å². The number of hydrogen-bond acceptors (Lipinski definition) is 2. The molecule has 3 rings (SSSR count). The Balaban J connectivity index is 1.98. The summed E-state index contributed by atoms with van der Waals surface area (Å²) < 4.78 is 5.54. The van der Waals surface area contributed by atoms with Crippen molar-refractivity contribution in [2.45, 2.75) is 0 Å². The SMILES string of the molecule is O=C(c1cccc(Cl)c1)N1CCOc2ccccc21. The quantitative estimate of drug-likeness (QED) is 0.797. The normalized spacial score (nSPS) is 13.6. The van der Waals surface area contributed by atoms with Gasteiger partial charge in [0.2, 0.25) is 0 Å². The van der Waals surface area contributed by atoms with Gasteiger partial charge in [-0.2, -0.15) is 0 Å². The summed E-state index contributed by atoms with van der Waals surface area (Å²) in [5.74, 6) is 0.683. The van der Waals surface area contributed by atoms with Crippen LogP contribution in [-0.4, -0.2) is 19.1 Å². The fourth-order valence-corrected chi connectivity index (χ4v) is 2.35. The van der Waals surface area contributed by atoms with E-state index in [1.807, 2.05) is 24.3 Å². The molecule has 0 unspecified atom stereocenters. The Morgan fingerprint density at radius 2 is 2.00 bits per heavy atom. The summed E-state index contributed by atoms with van der Waals surface area (Å²) in [4.78, 5) is 14.3.